The van der Waals surface area contributed by atoms with Crippen LogP contribution in [0.15, 0.2) is 18.2 Å². The summed E-state index contributed by atoms with van der Waals surface area (Å²) in [5, 5.41) is 0. The minimum Gasteiger partial charge on any atom is -0.463 e. The maximum atomic E-state index is 12.0. The van der Waals surface area contributed by atoms with Crippen LogP contribution in [0.5, 0.6) is 0 Å². The molecule has 0 aliphatic heterocycles. The third kappa shape index (κ3) is 4.26. The average molecular weight is 279 g/mol. The van der Waals surface area contributed by atoms with Crippen molar-refractivity contribution in [1.82, 2.24) is 0 Å². The van der Waals surface area contributed by atoms with E-state index in [9.17, 15) is 9.59 Å². The molecule has 0 aromatic heterocycles. The summed E-state index contributed by atoms with van der Waals surface area (Å²) >= 11 is 0. The summed E-state index contributed by atoms with van der Waals surface area (Å²) in [6, 6.07) is 4.92. The molecule has 0 spiro atoms. The first kappa shape index (κ1) is 16.0. The monoisotopic (exact) mass is 279 g/mol. The molecule has 5 nitrogen and oxygen atoms in total. The van der Waals surface area contributed by atoms with Crippen LogP contribution >= 0.6 is 0 Å². The van der Waals surface area contributed by atoms with E-state index in [-0.39, 0.29) is 6.61 Å². The molecule has 0 saturated heterocycles. The number of benzene rings is 1. The molecule has 110 valence electrons. The Morgan fingerprint density at radius 1 is 1.30 bits per heavy atom. The highest BCUT2D eigenvalue weighted by Crippen LogP contribution is 2.15. The number of aryl methyl sites for hydroxylation is 1. The Bertz CT molecular complexity index is 485. The Morgan fingerprint density at radius 2 is 2.00 bits per heavy atom. The van der Waals surface area contributed by atoms with Crippen LogP contribution in [0.25, 0.3) is 0 Å². The van der Waals surface area contributed by atoms with Gasteiger partial charge >= 0.3 is 11.9 Å². The molecule has 1 rings (SSSR count). The van der Waals surface area contributed by atoms with Crippen LogP contribution in [0.1, 0.15) is 42.6 Å². The van der Waals surface area contributed by atoms with Gasteiger partial charge in [0.1, 0.15) is 0 Å². The SMILES string of the molecule is CCCC(OC(=O)c1ccc(C)c(N)c1)C(=O)OCC. The van der Waals surface area contributed by atoms with E-state index >= 15 is 0 Å². The summed E-state index contributed by atoms with van der Waals surface area (Å²) in [6.45, 7) is 5.73. The van der Waals surface area contributed by atoms with E-state index in [4.69, 9.17) is 15.2 Å². The quantitative estimate of drug-likeness (QED) is 0.639. The maximum absolute atomic E-state index is 12.0. The van der Waals surface area contributed by atoms with Crippen LogP contribution < -0.4 is 5.73 Å². The molecule has 0 radical (unpaired) electrons. The van der Waals surface area contributed by atoms with Crippen LogP contribution in [-0.4, -0.2) is 24.6 Å². The largest absolute Gasteiger partial charge is 0.463 e. The van der Waals surface area contributed by atoms with E-state index in [1.807, 2.05) is 13.8 Å². The van der Waals surface area contributed by atoms with Crippen molar-refractivity contribution in [3.63, 3.8) is 0 Å². The lowest BCUT2D eigenvalue weighted by atomic mass is 10.1. The lowest BCUT2D eigenvalue weighted by molar-refractivity contribution is -0.153. The van der Waals surface area contributed by atoms with Crippen molar-refractivity contribution in [2.45, 2.75) is 39.7 Å². The van der Waals surface area contributed by atoms with E-state index in [2.05, 4.69) is 0 Å². The zero-order chi connectivity index (χ0) is 15.1. The lowest BCUT2D eigenvalue weighted by Crippen LogP contribution is -2.29. The molecule has 0 aliphatic rings. The fourth-order valence-electron chi connectivity index (χ4n) is 1.69. The van der Waals surface area contributed by atoms with Gasteiger partial charge < -0.3 is 15.2 Å². The number of carbonyl (C=O) groups excluding carboxylic acids is 2. The van der Waals surface area contributed by atoms with Crippen molar-refractivity contribution in [2.24, 2.45) is 0 Å². The number of nitrogen functional groups attached to an aromatic ring is 1. The first-order chi connectivity index (χ1) is 9.49. The predicted octanol–water partition coefficient (Wildman–Crippen LogP) is 2.47. The number of hydrogen-bond acceptors (Lipinski definition) is 5. The van der Waals surface area contributed by atoms with Crippen molar-refractivity contribution >= 4 is 17.6 Å². The Hall–Kier alpha value is -2.04. The van der Waals surface area contributed by atoms with Crippen LogP contribution in [0.3, 0.4) is 0 Å². The van der Waals surface area contributed by atoms with Gasteiger partial charge in [-0.25, -0.2) is 9.59 Å². The van der Waals surface area contributed by atoms with Gasteiger partial charge in [-0.15, -0.1) is 0 Å². The number of rotatable bonds is 6. The van der Waals surface area contributed by atoms with Crippen molar-refractivity contribution in [2.75, 3.05) is 12.3 Å². The summed E-state index contributed by atoms with van der Waals surface area (Å²) in [7, 11) is 0. The second kappa shape index (κ2) is 7.53. The van der Waals surface area contributed by atoms with Crippen LogP contribution in [0, 0.1) is 6.92 Å². The Morgan fingerprint density at radius 3 is 2.55 bits per heavy atom. The summed E-state index contributed by atoms with van der Waals surface area (Å²) < 4.78 is 10.1. The van der Waals surface area contributed by atoms with Gasteiger partial charge in [0.15, 0.2) is 6.10 Å². The molecule has 0 saturated carbocycles. The van der Waals surface area contributed by atoms with Gasteiger partial charge in [0, 0.05) is 5.69 Å². The van der Waals surface area contributed by atoms with Crippen LogP contribution in [-0.2, 0) is 14.3 Å². The molecular formula is C15H21NO4. The summed E-state index contributed by atoms with van der Waals surface area (Å²) in [6.07, 6.45) is 0.286. The van der Waals surface area contributed by atoms with Crippen molar-refractivity contribution < 1.29 is 19.1 Å². The molecule has 1 atom stereocenters. The first-order valence-electron chi connectivity index (χ1n) is 6.73. The van der Waals surface area contributed by atoms with E-state index in [1.54, 1.807) is 25.1 Å². The maximum Gasteiger partial charge on any atom is 0.347 e. The fourth-order valence-corrected chi connectivity index (χ4v) is 1.69. The average Bonchev–Trinajstić information content (AvgIpc) is 2.41. The van der Waals surface area contributed by atoms with E-state index < -0.39 is 18.0 Å². The zero-order valence-electron chi connectivity index (χ0n) is 12.1. The van der Waals surface area contributed by atoms with Gasteiger partial charge in [0.2, 0.25) is 0 Å². The molecular weight excluding hydrogens is 258 g/mol. The summed E-state index contributed by atoms with van der Waals surface area (Å²) in [5.74, 6) is -1.08. The molecule has 20 heavy (non-hydrogen) atoms. The van der Waals surface area contributed by atoms with Gasteiger partial charge in [-0.1, -0.05) is 19.4 Å². The topological polar surface area (TPSA) is 78.6 Å². The molecule has 0 bridgehead atoms. The molecule has 5 heteroatoms. The van der Waals surface area contributed by atoms with Gasteiger partial charge in [0.25, 0.3) is 0 Å². The van der Waals surface area contributed by atoms with Crippen LogP contribution in [0.2, 0.25) is 0 Å². The Balaban J connectivity index is 2.79. The Kier molecular flexibility index (Phi) is 6.03. The van der Waals surface area contributed by atoms with Crippen molar-refractivity contribution in [1.29, 1.82) is 0 Å². The molecule has 1 aromatic carbocycles. The predicted molar refractivity (Wildman–Crippen MR) is 76.3 cm³/mol. The highest BCUT2D eigenvalue weighted by Gasteiger charge is 2.24. The third-order valence-corrected chi connectivity index (χ3v) is 2.86. The van der Waals surface area contributed by atoms with Crippen molar-refractivity contribution in [3.05, 3.63) is 29.3 Å². The molecule has 0 fully saturated rings. The van der Waals surface area contributed by atoms with Gasteiger partial charge in [-0.05, 0) is 38.0 Å². The standard InChI is InChI=1S/C15H21NO4/c1-4-6-13(15(18)19-5-2)20-14(17)11-8-7-10(3)12(16)9-11/h7-9,13H,4-6,16H2,1-3H3. The van der Waals surface area contributed by atoms with Gasteiger partial charge in [0.05, 0.1) is 12.2 Å². The minimum absolute atomic E-state index is 0.258. The number of ether oxygens (including phenoxy) is 2. The minimum atomic E-state index is -0.866. The Labute approximate surface area is 119 Å². The number of hydrogen-bond donors (Lipinski definition) is 1. The molecule has 0 aliphatic carbocycles. The van der Waals surface area contributed by atoms with Gasteiger partial charge in [-0.3, -0.25) is 0 Å². The number of esters is 2. The first-order valence-corrected chi connectivity index (χ1v) is 6.73. The van der Waals surface area contributed by atoms with E-state index in [1.165, 1.54) is 0 Å². The fraction of sp³-hybridized carbons (Fsp3) is 0.467. The number of anilines is 1. The van der Waals surface area contributed by atoms with Crippen LogP contribution in [0.4, 0.5) is 5.69 Å². The third-order valence-electron chi connectivity index (χ3n) is 2.86. The number of carbonyl (C=O) groups is 2. The highest BCUT2D eigenvalue weighted by atomic mass is 16.6. The second-order valence-corrected chi connectivity index (χ2v) is 4.51. The van der Waals surface area contributed by atoms with Crippen molar-refractivity contribution in [3.8, 4) is 0 Å². The second-order valence-electron chi connectivity index (χ2n) is 4.51. The molecule has 0 amide bonds. The highest BCUT2D eigenvalue weighted by molar-refractivity contribution is 5.92. The molecule has 1 unspecified atom stereocenters. The lowest BCUT2D eigenvalue weighted by Gasteiger charge is -2.16. The molecule has 0 heterocycles. The summed E-state index contributed by atoms with van der Waals surface area (Å²) in [5.41, 5.74) is 7.49. The zero-order valence-corrected chi connectivity index (χ0v) is 12.1. The summed E-state index contributed by atoms with van der Waals surface area (Å²) in [4.78, 5) is 23.7. The normalized spacial score (nSPS) is 11.8. The smallest absolute Gasteiger partial charge is 0.347 e. The molecule has 1 aromatic rings. The van der Waals surface area contributed by atoms with E-state index in [0.717, 1.165) is 5.56 Å². The van der Waals surface area contributed by atoms with Gasteiger partial charge in [-0.2, -0.15) is 0 Å². The number of nitrogens with two attached hydrogens (primary N) is 1. The molecule has 2 N–H and O–H groups in total. The van der Waals surface area contributed by atoms with E-state index in [0.29, 0.717) is 24.1 Å².